The molecule has 0 aromatic carbocycles. The fraction of sp³-hybridized carbons (Fsp3) is 0.450. The molecule has 29 heavy (non-hydrogen) atoms. The number of likely N-dealkylation sites (tertiary alicyclic amines) is 1. The smallest absolute Gasteiger partial charge is 0.228 e. The molecule has 2 fully saturated rings. The molecule has 2 aliphatic heterocycles. The maximum absolute atomic E-state index is 13.0. The lowest BCUT2D eigenvalue weighted by atomic mass is 10.1. The summed E-state index contributed by atoms with van der Waals surface area (Å²) in [7, 11) is 0. The van der Waals surface area contributed by atoms with E-state index in [1.54, 1.807) is 11.1 Å². The highest BCUT2D eigenvalue weighted by molar-refractivity contribution is 5.89. The first kappa shape index (κ1) is 19.1. The third kappa shape index (κ3) is 4.28. The number of amides is 2. The van der Waals surface area contributed by atoms with Crippen LogP contribution in [0.15, 0.2) is 30.5 Å². The van der Waals surface area contributed by atoms with Gasteiger partial charge in [-0.2, -0.15) is 4.98 Å². The zero-order chi connectivity index (χ0) is 20.4. The van der Waals surface area contributed by atoms with Gasteiger partial charge in [0.05, 0.1) is 18.2 Å². The van der Waals surface area contributed by atoms with E-state index in [1.165, 1.54) is 0 Å². The predicted octanol–water partition coefficient (Wildman–Crippen LogP) is 0.460. The summed E-state index contributed by atoms with van der Waals surface area (Å²) in [5.74, 6) is 0.838. The van der Waals surface area contributed by atoms with Gasteiger partial charge in [0, 0.05) is 57.1 Å². The first-order chi connectivity index (χ1) is 14.0. The molecule has 0 saturated carbocycles. The number of carbonyl (C=O) groups is 2. The second-order valence-corrected chi connectivity index (χ2v) is 7.53. The summed E-state index contributed by atoms with van der Waals surface area (Å²) < 4.78 is 0. The number of aryl methyl sites for hydroxylation is 1. The van der Waals surface area contributed by atoms with Crippen LogP contribution < -0.4 is 10.6 Å². The van der Waals surface area contributed by atoms with Gasteiger partial charge in [0.25, 0.3) is 0 Å². The van der Waals surface area contributed by atoms with Gasteiger partial charge in [-0.15, -0.1) is 0 Å². The number of nitrogens with zero attached hydrogens (tertiary/aromatic N) is 6. The van der Waals surface area contributed by atoms with E-state index in [-0.39, 0.29) is 30.1 Å². The minimum Gasteiger partial charge on any atom is -0.368 e. The van der Waals surface area contributed by atoms with Crippen LogP contribution in [0.5, 0.6) is 0 Å². The van der Waals surface area contributed by atoms with Gasteiger partial charge < -0.3 is 20.4 Å². The molecule has 0 bridgehead atoms. The van der Waals surface area contributed by atoms with Crippen LogP contribution in [0.25, 0.3) is 0 Å². The van der Waals surface area contributed by atoms with Crippen molar-refractivity contribution < 1.29 is 9.59 Å². The molecule has 0 radical (unpaired) electrons. The van der Waals surface area contributed by atoms with Crippen molar-refractivity contribution in [1.29, 1.82) is 0 Å². The number of nitrogen functional groups attached to an aromatic ring is 1. The Bertz CT molecular complexity index is 877. The molecule has 2 aromatic heterocycles. The Balaban J connectivity index is 1.33. The number of carbonyl (C=O) groups excluding carboxylic acids is 2. The van der Waals surface area contributed by atoms with Gasteiger partial charge in [0.2, 0.25) is 17.8 Å². The van der Waals surface area contributed by atoms with Gasteiger partial charge in [0.15, 0.2) is 0 Å². The predicted molar refractivity (Wildman–Crippen MR) is 108 cm³/mol. The zero-order valence-corrected chi connectivity index (χ0v) is 16.5. The third-order valence-electron chi connectivity index (χ3n) is 5.42. The molecule has 2 N–H and O–H groups in total. The molecule has 9 nitrogen and oxygen atoms in total. The van der Waals surface area contributed by atoms with E-state index in [1.807, 2.05) is 36.1 Å². The Morgan fingerprint density at radius 3 is 2.69 bits per heavy atom. The lowest BCUT2D eigenvalue weighted by molar-refractivity contribution is -0.136. The summed E-state index contributed by atoms with van der Waals surface area (Å²) in [6.07, 6.45) is 1.98. The van der Waals surface area contributed by atoms with Gasteiger partial charge >= 0.3 is 0 Å². The maximum atomic E-state index is 13.0. The lowest BCUT2D eigenvalue weighted by Gasteiger charge is -2.36. The molecular weight excluding hydrogens is 370 g/mol. The highest BCUT2D eigenvalue weighted by Crippen LogP contribution is 2.23. The molecule has 1 unspecified atom stereocenters. The van der Waals surface area contributed by atoms with Crippen LogP contribution in [-0.2, 0) is 16.1 Å². The first-order valence-corrected chi connectivity index (χ1v) is 9.82. The molecule has 2 aliphatic rings. The minimum atomic E-state index is -0.283. The van der Waals surface area contributed by atoms with Crippen LogP contribution in [0.1, 0.15) is 17.8 Å². The van der Waals surface area contributed by atoms with Crippen molar-refractivity contribution in [3.63, 3.8) is 0 Å². The molecule has 0 spiro atoms. The summed E-state index contributed by atoms with van der Waals surface area (Å²) >= 11 is 0. The number of aromatic nitrogens is 3. The highest BCUT2D eigenvalue weighted by atomic mass is 16.2. The number of piperazine rings is 1. The molecule has 1 atom stereocenters. The van der Waals surface area contributed by atoms with Crippen molar-refractivity contribution in [2.24, 2.45) is 5.92 Å². The normalized spacial score (nSPS) is 19.7. The molecule has 2 aromatic rings. The number of hydrogen-bond acceptors (Lipinski definition) is 7. The average Bonchev–Trinajstić information content (AvgIpc) is 3.08. The molecule has 152 valence electrons. The first-order valence-electron chi connectivity index (χ1n) is 9.82. The molecule has 2 amide bonds. The van der Waals surface area contributed by atoms with Crippen molar-refractivity contribution in [2.45, 2.75) is 19.9 Å². The van der Waals surface area contributed by atoms with Gasteiger partial charge in [-0.05, 0) is 19.1 Å². The fourth-order valence-electron chi connectivity index (χ4n) is 3.93. The van der Waals surface area contributed by atoms with E-state index in [0.29, 0.717) is 39.3 Å². The Labute approximate surface area is 169 Å². The monoisotopic (exact) mass is 395 g/mol. The Hall–Kier alpha value is -3.23. The van der Waals surface area contributed by atoms with E-state index < -0.39 is 0 Å². The maximum Gasteiger partial charge on any atom is 0.228 e. The van der Waals surface area contributed by atoms with Gasteiger partial charge in [-0.3, -0.25) is 14.6 Å². The summed E-state index contributed by atoms with van der Waals surface area (Å²) in [5, 5.41) is 0. The lowest BCUT2D eigenvalue weighted by Crippen LogP contribution is -2.51. The second-order valence-electron chi connectivity index (χ2n) is 7.53. The molecular formula is C20H25N7O2. The van der Waals surface area contributed by atoms with Crippen LogP contribution in [0.2, 0.25) is 0 Å². The quantitative estimate of drug-likeness (QED) is 0.801. The van der Waals surface area contributed by atoms with Crippen molar-refractivity contribution in [1.82, 2.24) is 24.8 Å². The number of pyridine rings is 1. The zero-order valence-electron chi connectivity index (χ0n) is 16.5. The summed E-state index contributed by atoms with van der Waals surface area (Å²) in [6, 6.07) is 7.54. The van der Waals surface area contributed by atoms with Crippen molar-refractivity contribution in [3.8, 4) is 0 Å². The van der Waals surface area contributed by atoms with Crippen LogP contribution in [0, 0.1) is 12.8 Å². The Morgan fingerprint density at radius 2 is 2.00 bits per heavy atom. The molecule has 4 rings (SSSR count). The molecule has 2 saturated heterocycles. The van der Waals surface area contributed by atoms with Crippen molar-refractivity contribution in [2.75, 3.05) is 43.4 Å². The number of nitrogens with two attached hydrogens (primary N) is 1. The van der Waals surface area contributed by atoms with E-state index in [4.69, 9.17) is 5.73 Å². The van der Waals surface area contributed by atoms with Crippen LogP contribution in [-0.4, -0.2) is 69.3 Å². The van der Waals surface area contributed by atoms with Crippen molar-refractivity contribution in [3.05, 3.63) is 41.9 Å². The topological polar surface area (TPSA) is 109 Å². The van der Waals surface area contributed by atoms with Crippen molar-refractivity contribution >= 4 is 23.6 Å². The van der Waals surface area contributed by atoms with Gasteiger partial charge in [-0.1, -0.05) is 6.07 Å². The Morgan fingerprint density at radius 1 is 1.21 bits per heavy atom. The molecule has 0 aliphatic carbocycles. The SMILES string of the molecule is Cc1cc(N2CCN(C(=O)C3CC(=O)N(Cc4ccccn4)C3)CC2)nc(N)n1. The summed E-state index contributed by atoms with van der Waals surface area (Å²) in [5.41, 5.74) is 7.41. The fourth-order valence-corrected chi connectivity index (χ4v) is 3.93. The minimum absolute atomic E-state index is 0.0135. The van der Waals surface area contributed by atoms with E-state index in [2.05, 4.69) is 19.9 Å². The van der Waals surface area contributed by atoms with E-state index >= 15 is 0 Å². The van der Waals surface area contributed by atoms with Gasteiger partial charge in [-0.25, -0.2) is 4.98 Å². The Kier molecular flexibility index (Phi) is 5.28. The van der Waals surface area contributed by atoms with Crippen LogP contribution in [0.4, 0.5) is 11.8 Å². The molecule has 9 heteroatoms. The number of anilines is 2. The third-order valence-corrected chi connectivity index (χ3v) is 5.42. The standard InChI is InChI=1S/C20H25N7O2/c1-14-10-17(24-20(21)23-14)25-6-8-26(9-7-25)19(29)15-11-18(28)27(12-15)13-16-4-2-3-5-22-16/h2-5,10,15H,6-9,11-13H2,1H3,(H2,21,23,24). The second kappa shape index (κ2) is 8.02. The van der Waals surface area contributed by atoms with Crippen LogP contribution in [0.3, 0.4) is 0 Å². The van der Waals surface area contributed by atoms with Crippen LogP contribution >= 0.6 is 0 Å². The van der Waals surface area contributed by atoms with E-state index in [0.717, 1.165) is 17.2 Å². The average molecular weight is 395 g/mol. The molecule has 4 heterocycles. The highest BCUT2D eigenvalue weighted by Gasteiger charge is 2.37. The summed E-state index contributed by atoms with van der Waals surface area (Å²) in [4.78, 5) is 43.7. The summed E-state index contributed by atoms with van der Waals surface area (Å²) in [6.45, 7) is 5.36. The largest absolute Gasteiger partial charge is 0.368 e. The van der Waals surface area contributed by atoms with E-state index in [9.17, 15) is 9.59 Å². The van der Waals surface area contributed by atoms with Gasteiger partial charge in [0.1, 0.15) is 5.82 Å². The number of rotatable bonds is 4. The number of hydrogen-bond donors (Lipinski definition) is 1.